The number of rotatable bonds is 2. The molecule has 3 rings (SSSR count). The summed E-state index contributed by atoms with van der Waals surface area (Å²) in [5.74, 6) is 1.38. The van der Waals surface area contributed by atoms with Crippen LogP contribution in [-0.2, 0) is 0 Å². The Kier molecular flexibility index (Phi) is 3.46. The Balaban J connectivity index is 1.97. The fourth-order valence-electron chi connectivity index (χ4n) is 2.10. The smallest absolute Gasteiger partial charge is 0.161 e. The van der Waals surface area contributed by atoms with Crippen LogP contribution in [0.1, 0.15) is 23.7 Å². The molecule has 100 valence electrons. The summed E-state index contributed by atoms with van der Waals surface area (Å²) >= 11 is 0. The van der Waals surface area contributed by atoms with Crippen LogP contribution in [0.25, 0.3) is 0 Å². The van der Waals surface area contributed by atoms with E-state index in [1.165, 1.54) is 0 Å². The van der Waals surface area contributed by atoms with Gasteiger partial charge in [-0.2, -0.15) is 5.26 Å². The van der Waals surface area contributed by atoms with Crippen molar-refractivity contribution in [3.8, 4) is 17.6 Å². The Bertz CT molecular complexity index is 637. The number of hydrogen-bond donors (Lipinski definition) is 0. The Morgan fingerprint density at radius 2 is 1.85 bits per heavy atom. The lowest BCUT2D eigenvalue weighted by atomic mass is 9.99. The van der Waals surface area contributed by atoms with E-state index in [0.717, 1.165) is 17.7 Å². The van der Waals surface area contributed by atoms with Crippen molar-refractivity contribution in [3.05, 3.63) is 48.0 Å². The van der Waals surface area contributed by atoms with Crippen LogP contribution in [-0.4, -0.2) is 23.2 Å². The second-order valence-corrected chi connectivity index (χ2v) is 4.43. The molecule has 0 fully saturated rings. The van der Waals surface area contributed by atoms with Crippen LogP contribution >= 0.6 is 0 Å². The van der Waals surface area contributed by atoms with Gasteiger partial charge in [0.25, 0.3) is 0 Å². The average molecular weight is 267 g/mol. The minimum Gasteiger partial charge on any atom is -0.490 e. The molecule has 1 aromatic carbocycles. The molecule has 1 atom stereocenters. The molecule has 1 aliphatic heterocycles. The molecular weight excluding hydrogens is 254 g/mol. The number of nitrogens with zero attached hydrogens (tertiary/aromatic N) is 3. The van der Waals surface area contributed by atoms with E-state index in [2.05, 4.69) is 16.0 Å². The SMILES string of the molecule is N#CC(c1ccc2c(c1)OCCCO2)c1ncccn1. The molecule has 0 spiro atoms. The summed E-state index contributed by atoms with van der Waals surface area (Å²) < 4.78 is 11.2. The Morgan fingerprint density at radius 1 is 1.10 bits per heavy atom. The van der Waals surface area contributed by atoms with E-state index in [1.54, 1.807) is 18.5 Å². The molecule has 0 saturated heterocycles. The number of ether oxygens (including phenoxy) is 2. The zero-order valence-corrected chi connectivity index (χ0v) is 10.8. The van der Waals surface area contributed by atoms with Gasteiger partial charge in [-0.25, -0.2) is 9.97 Å². The van der Waals surface area contributed by atoms with Crippen LogP contribution in [0.2, 0.25) is 0 Å². The quantitative estimate of drug-likeness (QED) is 0.835. The maximum atomic E-state index is 9.39. The Hall–Kier alpha value is -2.61. The molecule has 20 heavy (non-hydrogen) atoms. The number of nitriles is 1. The zero-order valence-electron chi connectivity index (χ0n) is 10.8. The summed E-state index contributed by atoms with van der Waals surface area (Å²) in [6, 6.07) is 9.50. The maximum Gasteiger partial charge on any atom is 0.161 e. The lowest BCUT2D eigenvalue weighted by molar-refractivity contribution is 0.297. The number of hydrogen-bond acceptors (Lipinski definition) is 5. The third-order valence-corrected chi connectivity index (χ3v) is 3.08. The van der Waals surface area contributed by atoms with Gasteiger partial charge in [-0.05, 0) is 23.8 Å². The normalized spacial score (nSPS) is 14.9. The molecule has 0 amide bonds. The Morgan fingerprint density at radius 3 is 2.60 bits per heavy atom. The summed E-state index contributed by atoms with van der Waals surface area (Å²) in [7, 11) is 0. The molecule has 1 unspecified atom stereocenters. The van der Waals surface area contributed by atoms with E-state index >= 15 is 0 Å². The van der Waals surface area contributed by atoms with Gasteiger partial charge in [0.2, 0.25) is 0 Å². The van der Waals surface area contributed by atoms with Gasteiger partial charge >= 0.3 is 0 Å². The lowest BCUT2D eigenvalue weighted by Crippen LogP contribution is -2.04. The first-order valence-electron chi connectivity index (χ1n) is 6.44. The van der Waals surface area contributed by atoms with E-state index in [-0.39, 0.29) is 0 Å². The predicted molar refractivity (Wildman–Crippen MR) is 71.5 cm³/mol. The van der Waals surface area contributed by atoms with E-state index in [4.69, 9.17) is 9.47 Å². The van der Waals surface area contributed by atoms with E-state index in [0.29, 0.717) is 24.8 Å². The molecule has 1 aliphatic rings. The lowest BCUT2D eigenvalue weighted by Gasteiger charge is -2.12. The number of fused-ring (bicyclic) bond motifs is 1. The minimum absolute atomic E-state index is 0.490. The zero-order chi connectivity index (χ0) is 13.8. The maximum absolute atomic E-state index is 9.39. The number of benzene rings is 1. The average Bonchev–Trinajstić information content (AvgIpc) is 2.74. The van der Waals surface area contributed by atoms with Gasteiger partial charge in [0.05, 0.1) is 19.3 Å². The predicted octanol–water partition coefficient (Wildman–Crippen LogP) is 2.29. The van der Waals surface area contributed by atoms with Crippen LogP contribution in [0, 0.1) is 11.3 Å². The summed E-state index contributed by atoms with van der Waals surface area (Å²) in [5, 5.41) is 9.39. The van der Waals surface area contributed by atoms with Gasteiger partial charge in [0.1, 0.15) is 11.7 Å². The molecule has 5 nitrogen and oxygen atoms in total. The molecule has 0 bridgehead atoms. The molecular formula is C15H13N3O2. The fourth-order valence-corrected chi connectivity index (χ4v) is 2.10. The van der Waals surface area contributed by atoms with Crippen LogP contribution in [0.3, 0.4) is 0 Å². The van der Waals surface area contributed by atoms with E-state index < -0.39 is 5.92 Å². The highest BCUT2D eigenvalue weighted by Gasteiger charge is 2.19. The van der Waals surface area contributed by atoms with Crippen molar-refractivity contribution >= 4 is 0 Å². The summed E-state index contributed by atoms with van der Waals surface area (Å²) in [6.07, 6.45) is 4.12. The van der Waals surface area contributed by atoms with Crippen molar-refractivity contribution in [2.45, 2.75) is 12.3 Å². The molecule has 0 radical (unpaired) electrons. The van der Waals surface area contributed by atoms with E-state index in [1.807, 2.05) is 18.2 Å². The Labute approximate surface area is 116 Å². The molecule has 0 N–H and O–H groups in total. The van der Waals surface area contributed by atoms with Crippen molar-refractivity contribution in [2.75, 3.05) is 13.2 Å². The highest BCUT2D eigenvalue weighted by molar-refractivity contribution is 5.46. The van der Waals surface area contributed by atoms with Crippen LogP contribution < -0.4 is 9.47 Å². The van der Waals surface area contributed by atoms with Gasteiger partial charge in [0, 0.05) is 18.8 Å². The van der Waals surface area contributed by atoms with E-state index in [9.17, 15) is 5.26 Å². The summed E-state index contributed by atoms with van der Waals surface area (Å²) in [5.41, 5.74) is 0.808. The van der Waals surface area contributed by atoms with Crippen molar-refractivity contribution in [2.24, 2.45) is 0 Å². The molecule has 1 aromatic heterocycles. The summed E-state index contributed by atoms with van der Waals surface area (Å²) in [6.45, 7) is 1.27. The first-order chi connectivity index (χ1) is 9.88. The van der Waals surface area contributed by atoms with Gasteiger partial charge in [-0.15, -0.1) is 0 Å². The van der Waals surface area contributed by atoms with Gasteiger partial charge in [0.15, 0.2) is 11.5 Å². The molecule has 2 aromatic rings. The van der Waals surface area contributed by atoms with Gasteiger partial charge in [-0.3, -0.25) is 0 Å². The molecule has 0 aliphatic carbocycles. The van der Waals surface area contributed by atoms with Crippen molar-refractivity contribution in [1.29, 1.82) is 5.26 Å². The van der Waals surface area contributed by atoms with Crippen LogP contribution in [0.4, 0.5) is 0 Å². The topological polar surface area (TPSA) is 68.0 Å². The summed E-state index contributed by atoms with van der Waals surface area (Å²) in [4.78, 5) is 8.30. The van der Waals surface area contributed by atoms with Crippen LogP contribution in [0.15, 0.2) is 36.7 Å². The molecule has 5 heteroatoms. The van der Waals surface area contributed by atoms with Gasteiger partial charge in [-0.1, -0.05) is 6.07 Å². The monoisotopic (exact) mass is 267 g/mol. The van der Waals surface area contributed by atoms with Crippen molar-refractivity contribution in [1.82, 2.24) is 9.97 Å². The highest BCUT2D eigenvalue weighted by atomic mass is 16.5. The minimum atomic E-state index is -0.506. The standard InChI is InChI=1S/C15H13N3O2/c16-10-12(15-17-5-1-6-18-15)11-3-4-13-14(9-11)20-8-2-7-19-13/h1,3-6,9,12H,2,7-8H2. The molecule has 2 heterocycles. The second-order valence-electron chi connectivity index (χ2n) is 4.43. The first kappa shape index (κ1) is 12.4. The second kappa shape index (κ2) is 5.57. The highest BCUT2D eigenvalue weighted by Crippen LogP contribution is 2.33. The van der Waals surface area contributed by atoms with Crippen LogP contribution in [0.5, 0.6) is 11.5 Å². The van der Waals surface area contributed by atoms with Crippen molar-refractivity contribution in [3.63, 3.8) is 0 Å². The third-order valence-electron chi connectivity index (χ3n) is 3.08. The number of aromatic nitrogens is 2. The largest absolute Gasteiger partial charge is 0.490 e. The first-order valence-corrected chi connectivity index (χ1v) is 6.44. The molecule has 0 saturated carbocycles. The van der Waals surface area contributed by atoms with Crippen molar-refractivity contribution < 1.29 is 9.47 Å². The van der Waals surface area contributed by atoms with Gasteiger partial charge < -0.3 is 9.47 Å². The fraction of sp³-hybridized carbons (Fsp3) is 0.267. The third kappa shape index (κ3) is 2.41.